The van der Waals surface area contributed by atoms with Gasteiger partial charge in [-0.15, -0.1) is 0 Å². The first-order valence-corrected chi connectivity index (χ1v) is 11.3. The number of benzene rings is 1. The highest BCUT2D eigenvalue weighted by Crippen LogP contribution is 2.41. The zero-order valence-corrected chi connectivity index (χ0v) is 17.7. The number of fused-ring (bicyclic) bond motifs is 2. The molecular formula is C23H22N4O3S. The average molecular weight is 435 g/mol. The molecule has 1 spiro atoms. The summed E-state index contributed by atoms with van der Waals surface area (Å²) in [6.07, 6.45) is 3.21. The Balaban J connectivity index is 1.34. The van der Waals surface area contributed by atoms with Gasteiger partial charge in [-0.3, -0.25) is 14.4 Å². The third-order valence-electron chi connectivity index (χ3n) is 6.25. The van der Waals surface area contributed by atoms with Crippen molar-refractivity contribution in [3.8, 4) is 0 Å². The van der Waals surface area contributed by atoms with Gasteiger partial charge in [-0.2, -0.15) is 16.3 Å². The predicted octanol–water partition coefficient (Wildman–Crippen LogP) is 2.42. The highest BCUT2D eigenvalue weighted by atomic mass is 32.1. The lowest BCUT2D eigenvalue weighted by molar-refractivity contribution is 0.0783. The number of thiophene rings is 1. The third-order valence-corrected chi connectivity index (χ3v) is 6.93. The predicted molar refractivity (Wildman–Crippen MR) is 117 cm³/mol. The Bertz CT molecular complexity index is 1190. The van der Waals surface area contributed by atoms with E-state index in [1.807, 2.05) is 56.6 Å². The summed E-state index contributed by atoms with van der Waals surface area (Å²) in [4.78, 5) is 44.3. The number of hydrogen-bond donors (Lipinski definition) is 1. The Hall–Kier alpha value is -3.26. The van der Waals surface area contributed by atoms with E-state index >= 15 is 0 Å². The van der Waals surface area contributed by atoms with E-state index in [2.05, 4.69) is 10.3 Å². The fourth-order valence-corrected chi connectivity index (χ4v) is 5.19. The van der Waals surface area contributed by atoms with Crippen LogP contribution in [0.3, 0.4) is 0 Å². The van der Waals surface area contributed by atoms with Crippen molar-refractivity contribution in [3.05, 3.63) is 86.2 Å². The Morgan fingerprint density at radius 2 is 1.94 bits per heavy atom. The molecule has 8 heteroatoms. The van der Waals surface area contributed by atoms with Gasteiger partial charge in [0.1, 0.15) is 11.4 Å². The van der Waals surface area contributed by atoms with Crippen molar-refractivity contribution < 1.29 is 9.59 Å². The van der Waals surface area contributed by atoms with Crippen LogP contribution in [0.2, 0.25) is 0 Å². The van der Waals surface area contributed by atoms with Gasteiger partial charge in [-0.05, 0) is 29.9 Å². The summed E-state index contributed by atoms with van der Waals surface area (Å²) in [5.41, 5.74) is 0.895. The summed E-state index contributed by atoms with van der Waals surface area (Å²) in [5, 5.41) is 6.56. The first-order valence-electron chi connectivity index (χ1n) is 10.3. The minimum atomic E-state index is -0.513. The van der Waals surface area contributed by atoms with Crippen LogP contribution >= 0.6 is 11.3 Å². The summed E-state index contributed by atoms with van der Waals surface area (Å²) >= 11 is 1.50. The van der Waals surface area contributed by atoms with E-state index in [9.17, 15) is 14.4 Å². The van der Waals surface area contributed by atoms with Crippen LogP contribution in [0.15, 0.2) is 58.1 Å². The fraction of sp³-hybridized carbons (Fsp3) is 0.304. The van der Waals surface area contributed by atoms with Gasteiger partial charge >= 0.3 is 0 Å². The zero-order chi connectivity index (χ0) is 21.4. The monoisotopic (exact) mass is 434 g/mol. The van der Waals surface area contributed by atoms with E-state index < -0.39 is 11.5 Å². The lowest BCUT2D eigenvalue weighted by Gasteiger charge is -2.23. The second-order valence-electron chi connectivity index (χ2n) is 8.16. The van der Waals surface area contributed by atoms with Crippen molar-refractivity contribution in [2.75, 3.05) is 13.1 Å². The molecule has 1 saturated heterocycles. The molecule has 2 aliphatic heterocycles. The number of carbonyl (C=O) groups is 2. The smallest absolute Gasteiger partial charge is 0.285 e. The molecule has 1 N–H and O–H groups in total. The molecule has 0 radical (unpaired) electrons. The van der Waals surface area contributed by atoms with Gasteiger partial charge in [0, 0.05) is 43.2 Å². The number of rotatable bonds is 4. The number of nitrogens with one attached hydrogen (secondary N) is 1. The zero-order valence-electron chi connectivity index (χ0n) is 16.9. The van der Waals surface area contributed by atoms with Crippen molar-refractivity contribution in [1.82, 2.24) is 19.8 Å². The van der Waals surface area contributed by atoms with Crippen LogP contribution in [0.1, 0.15) is 44.9 Å². The van der Waals surface area contributed by atoms with Gasteiger partial charge in [0.15, 0.2) is 0 Å². The summed E-state index contributed by atoms with van der Waals surface area (Å²) in [6.45, 7) is 2.23. The lowest BCUT2D eigenvalue weighted by Crippen LogP contribution is -2.36. The van der Waals surface area contributed by atoms with Crippen LogP contribution < -0.4 is 10.9 Å². The van der Waals surface area contributed by atoms with Crippen LogP contribution in [0, 0.1) is 0 Å². The van der Waals surface area contributed by atoms with Crippen molar-refractivity contribution >= 4 is 23.2 Å². The van der Waals surface area contributed by atoms with Crippen LogP contribution in [-0.4, -0.2) is 39.4 Å². The van der Waals surface area contributed by atoms with Gasteiger partial charge in [-0.25, -0.2) is 0 Å². The van der Waals surface area contributed by atoms with E-state index in [0.29, 0.717) is 37.6 Å². The molecule has 1 fully saturated rings. The molecule has 31 heavy (non-hydrogen) atoms. The minimum absolute atomic E-state index is 0.0239. The van der Waals surface area contributed by atoms with E-state index in [1.165, 1.54) is 11.3 Å². The first-order chi connectivity index (χ1) is 15.1. The lowest BCUT2D eigenvalue weighted by atomic mass is 9.85. The van der Waals surface area contributed by atoms with Gasteiger partial charge in [0.2, 0.25) is 0 Å². The molecule has 4 heterocycles. The number of nitrogens with zero attached hydrogens (tertiary/aromatic N) is 3. The summed E-state index contributed by atoms with van der Waals surface area (Å²) in [6, 6.07) is 11.4. The Labute approximate surface area is 183 Å². The molecule has 2 aromatic heterocycles. The van der Waals surface area contributed by atoms with E-state index in [0.717, 1.165) is 18.4 Å². The number of aryl methyl sites for hydroxylation is 1. The number of amides is 2. The largest absolute Gasteiger partial charge is 0.348 e. The highest BCUT2D eigenvalue weighted by molar-refractivity contribution is 7.08. The standard InChI is InChI=1S/C23H22N4O3S/c28-19(24-12-16-4-2-1-3-5-16)18-13-26-9-7-23(22(26)25-20(18)29)8-10-27(15-23)21(30)17-6-11-31-14-17/h1-6,11,13-14H,7-10,12,15H2,(H,24,28)/t23-/m0/s1. The van der Waals surface area contributed by atoms with E-state index in [4.69, 9.17) is 0 Å². The maximum Gasteiger partial charge on any atom is 0.285 e. The third kappa shape index (κ3) is 3.57. The minimum Gasteiger partial charge on any atom is -0.348 e. The maximum atomic E-state index is 12.8. The van der Waals surface area contributed by atoms with Gasteiger partial charge < -0.3 is 14.8 Å². The Kier molecular flexibility index (Phi) is 4.94. The quantitative estimate of drug-likeness (QED) is 0.684. The molecule has 2 aliphatic rings. The molecule has 2 amide bonds. The molecule has 0 aliphatic carbocycles. The molecule has 0 bridgehead atoms. The molecule has 3 aromatic rings. The molecule has 0 saturated carbocycles. The van der Waals surface area contributed by atoms with Crippen LogP contribution in [0.5, 0.6) is 0 Å². The van der Waals surface area contributed by atoms with Crippen LogP contribution in [0.4, 0.5) is 0 Å². The topological polar surface area (TPSA) is 84.3 Å². The number of aromatic nitrogens is 2. The summed E-state index contributed by atoms with van der Waals surface area (Å²) in [7, 11) is 0. The SMILES string of the molecule is O=C(NCc1ccccc1)c1cn2c(nc1=O)[C@]1(CCN(C(=O)c3ccsc3)C1)CC2. The highest BCUT2D eigenvalue weighted by Gasteiger charge is 2.47. The van der Waals surface area contributed by atoms with Gasteiger partial charge in [0.05, 0.1) is 5.56 Å². The summed E-state index contributed by atoms with van der Waals surface area (Å²) < 4.78 is 1.91. The second-order valence-corrected chi connectivity index (χ2v) is 8.94. The Morgan fingerprint density at radius 1 is 1.13 bits per heavy atom. The molecular weight excluding hydrogens is 412 g/mol. The maximum absolute atomic E-state index is 12.8. The molecule has 158 valence electrons. The van der Waals surface area contributed by atoms with E-state index in [-0.39, 0.29) is 16.9 Å². The summed E-state index contributed by atoms with van der Waals surface area (Å²) in [5.74, 6) is 0.298. The molecule has 1 atom stereocenters. The average Bonchev–Trinajstić information content (AvgIpc) is 3.54. The first kappa shape index (κ1) is 19.7. The van der Waals surface area contributed by atoms with Gasteiger partial charge in [-0.1, -0.05) is 30.3 Å². The molecule has 0 unspecified atom stereocenters. The Morgan fingerprint density at radius 3 is 2.71 bits per heavy atom. The van der Waals surface area contributed by atoms with Crippen molar-refractivity contribution in [1.29, 1.82) is 0 Å². The molecule has 5 rings (SSSR count). The molecule has 7 nitrogen and oxygen atoms in total. The number of hydrogen-bond acceptors (Lipinski definition) is 5. The van der Waals surface area contributed by atoms with Crippen LogP contribution in [0.25, 0.3) is 0 Å². The molecule has 1 aromatic carbocycles. The number of carbonyl (C=O) groups excluding carboxylic acids is 2. The van der Waals surface area contributed by atoms with Gasteiger partial charge in [0.25, 0.3) is 17.4 Å². The van der Waals surface area contributed by atoms with Crippen LogP contribution in [-0.2, 0) is 18.5 Å². The van der Waals surface area contributed by atoms with Crippen molar-refractivity contribution in [2.45, 2.75) is 31.3 Å². The second kappa shape index (κ2) is 7.77. The van der Waals surface area contributed by atoms with Crippen molar-refractivity contribution in [3.63, 3.8) is 0 Å². The fourth-order valence-electron chi connectivity index (χ4n) is 4.56. The van der Waals surface area contributed by atoms with E-state index in [1.54, 1.807) is 6.20 Å². The number of likely N-dealkylation sites (tertiary alicyclic amines) is 1. The normalized spacial score (nSPS) is 19.5. The van der Waals surface area contributed by atoms with Crippen molar-refractivity contribution in [2.24, 2.45) is 0 Å².